The molecular formula is C20H17FN2O. The number of ketones is 1. The van der Waals surface area contributed by atoms with Crippen molar-refractivity contribution in [2.45, 2.75) is 13.8 Å². The Balaban J connectivity index is 1.76. The molecule has 120 valence electrons. The minimum Gasteiger partial charge on any atom is -0.289 e. The number of nitrogens with one attached hydrogen (secondary N) is 1. The van der Waals surface area contributed by atoms with Crippen LogP contribution in [0.5, 0.6) is 0 Å². The van der Waals surface area contributed by atoms with Gasteiger partial charge in [0.1, 0.15) is 5.82 Å². The Morgan fingerprint density at radius 3 is 2.50 bits per heavy atom. The zero-order valence-corrected chi connectivity index (χ0v) is 13.5. The van der Waals surface area contributed by atoms with Gasteiger partial charge < -0.3 is 0 Å². The summed E-state index contributed by atoms with van der Waals surface area (Å²) < 4.78 is 13.0. The third-order valence-corrected chi connectivity index (χ3v) is 3.94. The summed E-state index contributed by atoms with van der Waals surface area (Å²) in [5.74, 6) is -0.343. The van der Waals surface area contributed by atoms with Crippen LogP contribution in [0.3, 0.4) is 0 Å². The van der Waals surface area contributed by atoms with Crippen molar-refractivity contribution in [1.82, 2.24) is 10.2 Å². The Kier molecular flexibility index (Phi) is 4.38. The smallest absolute Gasteiger partial charge is 0.185 e. The van der Waals surface area contributed by atoms with Crippen molar-refractivity contribution in [2.75, 3.05) is 0 Å². The average Bonchev–Trinajstić information content (AvgIpc) is 3.05. The van der Waals surface area contributed by atoms with Gasteiger partial charge in [0.05, 0.1) is 11.4 Å². The molecule has 0 atom stereocenters. The maximum atomic E-state index is 13.0. The van der Waals surface area contributed by atoms with E-state index in [1.54, 1.807) is 18.2 Å². The predicted octanol–water partition coefficient (Wildman–Crippen LogP) is 4.73. The Morgan fingerprint density at radius 2 is 1.79 bits per heavy atom. The first-order valence-electron chi connectivity index (χ1n) is 7.64. The quantitative estimate of drug-likeness (QED) is 0.558. The molecule has 3 rings (SSSR count). The molecule has 24 heavy (non-hydrogen) atoms. The van der Waals surface area contributed by atoms with E-state index in [9.17, 15) is 9.18 Å². The zero-order chi connectivity index (χ0) is 17.1. The fraction of sp³-hybridized carbons (Fsp3) is 0.100. The van der Waals surface area contributed by atoms with Gasteiger partial charge in [-0.1, -0.05) is 12.1 Å². The first-order valence-corrected chi connectivity index (χ1v) is 7.64. The number of aromatic amines is 1. The van der Waals surface area contributed by atoms with Gasteiger partial charge in [0.25, 0.3) is 0 Å². The summed E-state index contributed by atoms with van der Waals surface area (Å²) in [6, 6.07) is 13.6. The second-order valence-corrected chi connectivity index (χ2v) is 5.71. The summed E-state index contributed by atoms with van der Waals surface area (Å²) in [6.45, 7) is 4.00. The largest absolute Gasteiger partial charge is 0.289 e. The van der Waals surface area contributed by atoms with Crippen molar-refractivity contribution in [2.24, 2.45) is 0 Å². The van der Waals surface area contributed by atoms with Gasteiger partial charge in [-0.05, 0) is 73.5 Å². The molecule has 0 radical (unpaired) electrons. The summed E-state index contributed by atoms with van der Waals surface area (Å²) in [4.78, 5) is 12.2. The Morgan fingerprint density at radius 1 is 1.04 bits per heavy atom. The van der Waals surface area contributed by atoms with Gasteiger partial charge in [0, 0.05) is 11.1 Å². The highest BCUT2D eigenvalue weighted by Crippen LogP contribution is 2.19. The summed E-state index contributed by atoms with van der Waals surface area (Å²) in [5.41, 5.74) is 5.14. The predicted molar refractivity (Wildman–Crippen MR) is 93.3 cm³/mol. The maximum Gasteiger partial charge on any atom is 0.185 e. The van der Waals surface area contributed by atoms with Crippen LogP contribution >= 0.6 is 0 Å². The van der Waals surface area contributed by atoms with Crippen LogP contribution in [0.2, 0.25) is 0 Å². The fourth-order valence-corrected chi connectivity index (χ4v) is 2.35. The van der Waals surface area contributed by atoms with Crippen molar-refractivity contribution < 1.29 is 9.18 Å². The number of benzene rings is 2. The van der Waals surface area contributed by atoms with E-state index < -0.39 is 0 Å². The SMILES string of the molecule is Cc1ccc(C(=O)C=Cc2cc(-c3ccc(F)cc3)n[nH]2)cc1C. The van der Waals surface area contributed by atoms with E-state index in [1.807, 2.05) is 38.1 Å². The molecule has 0 aliphatic heterocycles. The lowest BCUT2D eigenvalue weighted by molar-refractivity contribution is 0.104. The number of carbonyl (C=O) groups is 1. The van der Waals surface area contributed by atoms with Crippen LogP contribution in [0, 0.1) is 19.7 Å². The molecule has 0 saturated heterocycles. The van der Waals surface area contributed by atoms with Gasteiger partial charge >= 0.3 is 0 Å². The lowest BCUT2D eigenvalue weighted by Crippen LogP contribution is -1.95. The normalized spacial score (nSPS) is 11.1. The molecule has 0 spiro atoms. The Hall–Kier alpha value is -3.01. The molecule has 0 bridgehead atoms. The number of allylic oxidation sites excluding steroid dienone is 1. The van der Waals surface area contributed by atoms with Gasteiger partial charge in [-0.25, -0.2) is 4.39 Å². The van der Waals surface area contributed by atoms with Gasteiger partial charge in [-0.2, -0.15) is 5.10 Å². The average molecular weight is 320 g/mol. The molecule has 4 heteroatoms. The van der Waals surface area contributed by atoms with Crippen LogP contribution in [0.4, 0.5) is 4.39 Å². The van der Waals surface area contributed by atoms with E-state index in [1.165, 1.54) is 18.2 Å². The summed E-state index contributed by atoms with van der Waals surface area (Å²) in [5, 5.41) is 7.05. The van der Waals surface area contributed by atoms with E-state index in [2.05, 4.69) is 10.2 Å². The van der Waals surface area contributed by atoms with E-state index in [0.29, 0.717) is 17.0 Å². The minimum absolute atomic E-state index is 0.0592. The lowest BCUT2D eigenvalue weighted by Gasteiger charge is -2.01. The highest BCUT2D eigenvalue weighted by Gasteiger charge is 2.05. The van der Waals surface area contributed by atoms with Gasteiger partial charge in [-0.15, -0.1) is 0 Å². The lowest BCUT2D eigenvalue weighted by atomic mass is 10.0. The number of hydrogen-bond donors (Lipinski definition) is 1. The van der Waals surface area contributed by atoms with Crippen LogP contribution in [-0.4, -0.2) is 16.0 Å². The molecular weight excluding hydrogens is 303 g/mol. The van der Waals surface area contributed by atoms with E-state index >= 15 is 0 Å². The number of carbonyl (C=O) groups excluding carboxylic acids is 1. The van der Waals surface area contributed by atoms with Gasteiger partial charge in [0.15, 0.2) is 5.78 Å². The molecule has 0 aliphatic carbocycles. The molecule has 2 aromatic carbocycles. The second-order valence-electron chi connectivity index (χ2n) is 5.71. The number of hydrogen-bond acceptors (Lipinski definition) is 2. The Bertz CT molecular complexity index is 908. The fourth-order valence-electron chi connectivity index (χ4n) is 2.35. The van der Waals surface area contributed by atoms with Crippen LogP contribution in [0.1, 0.15) is 27.2 Å². The topological polar surface area (TPSA) is 45.8 Å². The third-order valence-electron chi connectivity index (χ3n) is 3.94. The number of nitrogens with zero attached hydrogens (tertiary/aromatic N) is 1. The monoisotopic (exact) mass is 320 g/mol. The summed E-state index contributed by atoms with van der Waals surface area (Å²) in [6.07, 6.45) is 3.21. The molecule has 0 fully saturated rings. The first kappa shape index (κ1) is 15.9. The molecule has 0 aliphatic rings. The number of halogens is 1. The molecule has 0 saturated carbocycles. The molecule has 3 nitrogen and oxygen atoms in total. The molecule has 1 aromatic heterocycles. The first-order chi connectivity index (χ1) is 11.5. The number of aryl methyl sites for hydroxylation is 2. The highest BCUT2D eigenvalue weighted by atomic mass is 19.1. The standard InChI is InChI=1S/C20H17FN2O/c1-13-3-4-16(11-14(13)2)20(24)10-9-18-12-19(23-22-18)15-5-7-17(21)8-6-15/h3-12H,1-2H3,(H,22,23). The number of H-pyrrole nitrogens is 1. The van der Waals surface area contributed by atoms with Crippen molar-refractivity contribution >= 4 is 11.9 Å². The molecule has 0 amide bonds. The highest BCUT2D eigenvalue weighted by molar-refractivity contribution is 6.06. The minimum atomic E-state index is -0.284. The number of aromatic nitrogens is 2. The second kappa shape index (κ2) is 6.62. The van der Waals surface area contributed by atoms with Gasteiger partial charge in [-0.3, -0.25) is 9.89 Å². The van der Waals surface area contributed by atoms with Crippen LogP contribution in [0.25, 0.3) is 17.3 Å². The molecule has 0 unspecified atom stereocenters. The van der Waals surface area contributed by atoms with Crippen molar-refractivity contribution in [1.29, 1.82) is 0 Å². The van der Waals surface area contributed by atoms with Crippen LogP contribution in [-0.2, 0) is 0 Å². The molecule has 1 heterocycles. The third kappa shape index (κ3) is 3.49. The van der Waals surface area contributed by atoms with E-state index in [0.717, 1.165) is 16.7 Å². The zero-order valence-electron chi connectivity index (χ0n) is 13.5. The summed E-state index contributed by atoms with van der Waals surface area (Å²) >= 11 is 0. The van der Waals surface area contributed by atoms with Crippen LogP contribution in [0.15, 0.2) is 54.6 Å². The van der Waals surface area contributed by atoms with Crippen LogP contribution < -0.4 is 0 Å². The summed E-state index contributed by atoms with van der Waals surface area (Å²) in [7, 11) is 0. The molecule has 1 N–H and O–H groups in total. The maximum absolute atomic E-state index is 13.0. The number of rotatable bonds is 4. The van der Waals surface area contributed by atoms with Crippen molar-refractivity contribution in [3.63, 3.8) is 0 Å². The van der Waals surface area contributed by atoms with Crippen molar-refractivity contribution in [3.8, 4) is 11.3 Å². The van der Waals surface area contributed by atoms with E-state index in [-0.39, 0.29) is 11.6 Å². The van der Waals surface area contributed by atoms with Crippen molar-refractivity contribution in [3.05, 3.63) is 82.8 Å². The Labute approximate surface area is 139 Å². The molecule has 3 aromatic rings. The van der Waals surface area contributed by atoms with Gasteiger partial charge in [0.2, 0.25) is 0 Å². The van der Waals surface area contributed by atoms with E-state index in [4.69, 9.17) is 0 Å².